The van der Waals surface area contributed by atoms with Gasteiger partial charge in [-0.2, -0.15) is 13.2 Å². The van der Waals surface area contributed by atoms with Crippen LogP contribution in [0.15, 0.2) is 0 Å². The second-order valence-electron chi connectivity index (χ2n) is 4.98. The maximum absolute atomic E-state index is 12.1. The van der Waals surface area contributed by atoms with Crippen LogP contribution in [0.5, 0.6) is 0 Å². The van der Waals surface area contributed by atoms with E-state index in [9.17, 15) is 22.8 Å². The van der Waals surface area contributed by atoms with E-state index in [0.29, 0.717) is 19.3 Å². The van der Waals surface area contributed by atoms with Crippen molar-refractivity contribution in [1.82, 2.24) is 5.32 Å². The average Bonchev–Trinajstić information content (AvgIpc) is 2.35. The summed E-state index contributed by atoms with van der Waals surface area (Å²) in [7, 11) is 0. The fraction of sp³-hybridized carbons (Fsp3) is 0.833. The van der Waals surface area contributed by atoms with Gasteiger partial charge < -0.3 is 15.2 Å². The Kier molecular flexibility index (Phi) is 5.79. The Morgan fingerprint density at radius 2 is 2.05 bits per heavy atom. The highest BCUT2D eigenvalue weighted by molar-refractivity contribution is 5.96. The molecule has 1 fully saturated rings. The number of hydrogen-bond donors (Lipinski definition) is 2. The van der Waals surface area contributed by atoms with Gasteiger partial charge in [0.15, 0.2) is 0 Å². The highest BCUT2D eigenvalue weighted by Gasteiger charge is 2.32. The maximum Gasteiger partial charge on any atom is 0.411 e. The van der Waals surface area contributed by atoms with Crippen LogP contribution in [0.25, 0.3) is 0 Å². The van der Waals surface area contributed by atoms with E-state index in [0.717, 1.165) is 0 Å². The summed E-state index contributed by atoms with van der Waals surface area (Å²) >= 11 is 0. The third-order valence-electron chi connectivity index (χ3n) is 3.22. The summed E-state index contributed by atoms with van der Waals surface area (Å²) in [6.07, 6.45) is -2.89. The van der Waals surface area contributed by atoms with E-state index in [4.69, 9.17) is 9.84 Å². The van der Waals surface area contributed by atoms with Gasteiger partial charge in [0.25, 0.3) is 0 Å². The molecule has 0 spiro atoms. The zero-order chi connectivity index (χ0) is 15.3. The van der Waals surface area contributed by atoms with Crippen LogP contribution in [0.3, 0.4) is 0 Å². The molecule has 0 aromatic heterocycles. The Morgan fingerprint density at radius 3 is 2.60 bits per heavy atom. The Hall–Kier alpha value is -1.31. The highest BCUT2D eigenvalue weighted by Crippen LogP contribution is 2.24. The number of nitrogens with one attached hydrogen (secondary N) is 1. The van der Waals surface area contributed by atoms with Gasteiger partial charge in [0.2, 0.25) is 5.91 Å². The van der Waals surface area contributed by atoms with Gasteiger partial charge in [-0.05, 0) is 32.6 Å². The zero-order valence-corrected chi connectivity index (χ0v) is 11.1. The first-order valence-corrected chi connectivity index (χ1v) is 6.40. The van der Waals surface area contributed by atoms with Crippen LogP contribution >= 0.6 is 0 Å². The Morgan fingerprint density at radius 1 is 1.40 bits per heavy atom. The van der Waals surface area contributed by atoms with Crippen LogP contribution in [0.1, 0.15) is 32.6 Å². The van der Waals surface area contributed by atoms with Gasteiger partial charge in [-0.3, -0.25) is 9.59 Å². The van der Waals surface area contributed by atoms with Crippen LogP contribution < -0.4 is 5.32 Å². The monoisotopic (exact) mass is 297 g/mol. The Labute approximate surface area is 114 Å². The largest absolute Gasteiger partial charge is 0.481 e. The lowest BCUT2D eigenvalue weighted by atomic mass is 9.92. The number of carbonyl (C=O) groups is 2. The van der Waals surface area contributed by atoms with Gasteiger partial charge in [-0.15, -0.1) is 0 Å². The van der Waals surface area contributed by atoms with Crippen molar-refractivity contribution < 1.29 is 32.6 Å². The standard InChI is InChI=1S/C12H18F3NO4/c1-7(11(18)19)10(17)16-8-3-2-4-9(5-8)20-6-12(13,14)15/h7-9H,2-6H2,1H3,(H,16,17)(H,18,19). The van der Waals surface area contributed by atoms with Gasteiger partial charge in [0, 0.05) is 6.04 Å². The lowest BCUT2D eigenvalue weighted by molar-refractivity contribution is -0.188. The molecule has 5 nitrogen and oxygen atoms in total. The molecule has 2 N–H and O–H groups in total. The normalized spacial score (nSPS) is 25.0. The topological polar surface area (TPSA) is 75.6 Å². The number of hydrogen-bond acceptors (Lipinski definition) is 3. The lowest BCUT2D eigenvalue weighted by Gasteiger charge is -2.30. The smallest absolute Gasteiger partial charge is 0.411 e. The third-order valence-corrected chi connectivity index (χ3v) is 3.22. The van der Waals surface area contributed by atoms with Gasteiger partial charge in [-0.1, -0.05) is 0 Å². The molecular weight excluding hydrogens is 279 g/mol. The molecule has 0 radical (unpaired) electrons. The van der Waals surface area contributed by atoms with Crippen molar-refractivity contribution >= 4 is 11.9 Å². The Bertz CT molecular complexity index is 359. The summed E-state index contributed by atoms with van der Waals surface area (Å²) in [6, 6.07) is -0.337. The molecule has 20 heavy (non-hydrogen) atoms. The predicted molar refractivity (Wildman–Crippen MR) is 63.0 cm³/mol. The molecule has 3 unspecified atom stereocenters. The Balaban J connectivity index is 2.41. The zero-order valence-electron chi connectivity index (χ0n) is 11.1. The van der Waals surface area contributed by atoms with E-state index in [1.54, 1.807) is 0 Å². The second kappa shape index (κ2) is 6.92. The fourth-order valence-corrected chi connectivity index (χ4v) is 2.08. The molecule has 0 heterocycles. The lowest BCUT2D eigenvalue weighted by Crippen LogP contribution is -2.44. The van der Waals surface area contributed by atoms with Crippen LogP contribution in [-0.4, -0.2) is 41.9 Å². The van der Waals surface area contributed by atoms with Crippen LogP contribution in [-0.2, 0) is 14.3 Å². The van der Waals surface area contributed by atoms with E-state index in [-0.39, 0.29) is 12.5 Å². The summed E-state index contributed by atoms with van der Waals surface area (Å²) in [6.45, 7) is -0.0397. The van der Waals surface area contributed by atoms with Gasteiger partial charge in [0.1, 0.15) is 12.5 Å². The van der Waals surface area contributed by atoms with Crippen LogP contribution in [0, 0.1) is 5.92 Å². The number of alkyl halides is 3. The molecule has 1 saturated carbocycles. The van der Waals surface area contributed by atoms with Gasteiger partial charge in [-0.25, -0.2) is 0 Å². The first kappa shape index (κ1) is 16.7. The van der Waals surface area contributed by atoms with E-state index >= 15 is 0 Å². The minimum absolute atomic E-state index is 0.272. The quantitative estimate of drug-likeness (QED) is 0.758. The van der Waals surface area contributed by atoms with Crippen molar-refractivity contribution in [1.29, 1.82) is 0 Å². The second-order valence-corrected chi connectivity index (χ2v) is 4.98. The minimum Gasteiger partial charge on any atom is -0.481 e. The molecule has 1 aliphatic rings. The number of rotatable bonds is 5. The predicted octanol–water partition coefficient (Wildman–Crippen LogP) is 1.71. The fourth-order valence-electron chi connectivity index (χ4n) is 2.08. The van der Waals surface area contributed by atoms with Crippen molar-refractivity contribution in [3.8, 4) is 0 Å². The number of carboxylic acids is 1. The van der Waals surface area contributed by atoms with Crippen molar-refractivity contribution in [2.75, 3.05) is 6.61 Å². The third kappa shape index (κ3) is 5.77. The first-order chi connectivity index (χ1) is 9.19. The molecular formula is C12H18F3NO4. The summed E-state index contributed by atoms with van der Waals surface area (Å²) < 4.78 is 40.9. The molecule has 3 atom stereocenters. The molecule has 116 valence electrons. The summed E-state index contributed by atoms with van der Waals surface area (Å²) in [4.78, 5) is 22.2. The molecule has 0 aliphatic heterocycles. The van der Waals surface area contributed by atoms with Crippen molar-refractivity contribution in [2.45, 2.75) is 50.9 Å². The van der Waals surface area contributed by atoms with Crippen molar-refractivity contribution in [3.05, 3.63) is 0 Å². The molecule has 0 saturated heterocycles. The minimum atomic E-state index is -4.37. The van der Waals surface area contributed by atoms with Crippen LogP contribution in [0.4, 0.5) is 13.2 Å². The molecule has 1 amide bonds. The van der Waals surface area contributed by atoms with E-state index in [1.165, 1.54) is 6.92 Å². The number of amides is 1. The molecule has 0 aromatic carbocycles. The van der Waals surface area contributed by atoms with Gasteiger partial charge >= 0.3 is 12.1 Å². The number of carboxylic acid groups (broad SMARTS) is 1. The number of carbonyl (C=O) groups excluding carboxylic acids is 1. The SMILES string of the molecule is CC(C(=O)O)C(=O)NC1CCCC(OCC(F)(F)F)C1. The van der Waals surface area contributed by atoms with Crippen LogP contribution in [0.2, 0.25) is 0 Å². The number of aliphatic carboxylic acids is 1. The molecule has 0 bridgehead atoms. The van der Waals surface area contributed by atoms with E-state index in [2.05, 4.69) is 5.32 Å². The molecule has 0 aromatic rings. The summed E-state index contributed by atoms with van der Waals surface area (Å²) in [5.74, 6) is -3.03. The van der Waals surface area contributed by atoms with Crippen molar-refractivity contribution in [3.63, 3.8) is 0 Å². The number of halogens is 3. The van der Waals surface area contributed by atoms with E-state index in [1.807, 2.05) is 0 Å². The van der Waals surface area contributed by atoms with E-state index < -0.39 is 36.7 Å². The van der Waals surface area contributed by atoms with Gasteiger partial charge in [0.05, 0.1) is 6.10 Å². The molecule has 1 rings (SSSR count). The average molecular weight is 297 g/mol. The molecule has 8 heteroatoms. The maximum atomic E-state index is 12.1. The summed E-state index contributed by atoms with van der Waals surface area (Å²) in [5.41, 5.74) is 0. The summed E-state index contributed by atoms with van der Waals surface area (Å²) in [5, 5.41) is 11.2. The molecule has 1 aliphatic carbocycles. The first-order valence-electron chi connectivity index (χ1n) is 6.40. The van der Waals surface area contributed by atoms with Crippen molar-refractivity contribution in [2.24, 2.45) is 5.92 Å². The number of ether oxygens (including phenoxy) is 1. The highest BCUT2D eigenvalue weighted by atomic mass is 19.4.